The summed E-state index contributed by atoms with van der Waals surface area (Å²) in [4.78, 5) is 22.2. The molecule has 4 heterocycles. The molecule has 3 aromatic rings. The quantitative estimate of drug-likeness (QED) is 0.553. The summed E-state index contributed by atoms with van der Waals surface area (Å²) < 4.78 is 21.4. The summed E-state index contributed by atoms with van der Waals surface area (Å²) in [7, 11) is 0. The van der Waals surface area contributed by atoms with E-state index in [1.807, 2.05) is 6.07 Å². The van der Waals surface area contributed by atoms with Crippen molar-refractivity contribution in [3.8, 4) is 11.3 Å². The van der Waals surface area contributed by atoms with Gasteiger partial charge in [0.05, 0.1) is 16.8 Å². The molecule has 2 aromatic heterocycles. The van der Waals surface area contributed by atoms with Crippen molar-refractivity contribution >= 4 is 17.5 Å². The van der Waals surface area contributed by atoms with E-state index in [0.29, 0.717) is 17.2 Å². The molecule has 2 N–H and O–H groups in total. The van der Waals surface area contributed by atoms with Gasteiger partial charge in [-0.15, -0.1) is 0 Å². The smallest absolute Gasteiger partial charge is 0.251 e. The van der Waals surface area contributed by atoms with Gasteiger partial charge in [0.15, 0.2) is 0 Å². The standard InChI is InChI=1S/C25H27ClFN5O2/c26-20-2-1-17(13-21(20)27)24(18-3-8-28-15-18)32-10-5-16(14-23(32)33)22-4-9-29-25(31-22)30-19-6-11-34-12-7-19/h1-2,4-5,9-10,13-14,18-19,24,28H,3,6-8,11-12,15H2,(H,29,30,31)/t18-,24-/m0/s1. The average Bonchev–Trinajstić information content (AvgIpc) is 3.38. The van der Waals surface area contributed by atoms with Gasteiger partial charge in [0.25, 0.3) is 5.56 Å². The van der Waals surface area contributed by atoms with Crippen LogP contribution < -0.4 is 16.2 Å². The third-order valence-corrected chi connectivity index (χ3v) is 6.89. The first-order chi connectivity index (χ1) is 16.6. The van der Waals surface area contributed by atoms with Crippen LogP contribution >= 0.6 is 11.6 Å². The highest BCUT2D eigenvalue weighted by molar-refractivity contribution is 6.30. The number of nitrogens with zero attached hydrogens (tertiary/aromatic N) is 3. The Balaban J connectivity index is 1.44. The molecule has 0 radical (unpaired) electrons. The second-order valence-corrected chi connectivity index (χ2v) is 9.24. The summed E-state index contributed by atoms with van der Waals surface area (Å²) in [5, 5.41) is 6.79. The summed E-state index contributed by atoms with van der Waals surface area (Å²) in [6.45, 7) is 3.08. The van der Waals surface area contributed by atoms with E-state index in [2.05, 4.69) is 20.6 Å². The lowest BCUT2D eigenvalue weighted by atomic mass is 9.91. The highest BCUT2D eigenvalue weighted by Gasteiger charge is 2.29. The number of pyridine rings is 1. The van der Waals surface area contributed by atoms with Gasteiger partial charge in [0.1, 0.15) is 5.82 Å². The second kappa shape index (κ2) is 10.2. The van der Waals surface area contributed by atoms with Crippen LogP contribution in [-0.4, -0.2) is 46.9 Å². The number of rotatable bonds is 6. The molecule has 178 valence electrons. The minimum Gasteiger partial charge on any atom is -0.381 e. The average molecular weight is 484 g/mol. The Hall–Kier alpha value is -2.81. The van der Waals surface area contributed by atoms with E-state index < -0.39 is 5.82 Å². The fraction of sp³-hybridized carbons (Fsp3) is 0.400. The van der Waals surface area contributed by atoms with Crippen LogP contribution in [0.25, 0.3) is 11.3 Å². The number of hydrogen-bond acceptors (Lipinski definition) is 6. The van der Waals surface area contributed by atoms with E-state index in [-0.39, 0.29) is 28.6 Å². The van der Waals surface area contributed by atoms with Gasteiger partial charge >= 0.3 is 0 Å². The predicted octanol–water partition coefficient (Wildman–Crippen LogP) is 3.89. The molecule has 7 nitrogen and oxygen atoms in total. The third-order valence-electron chi connectivity index (χ3n) is 6.58. The number of ether oxygens (including phenoxy) is 1. The van der Waals surface area contributed by atoms with Crippen LogP contribution in [0.1, 0.15) is 30.9 Å². The van der Waals surface area contributed by atoms with Crippen LogP contribution in [0.4, 0.5) is 10.3 Å². The Bertz CT molecular complexity index is 1210. The van der Waals surface area contributed by atoms with E-state index in [4.69, 9.17) is 16.3 Å². The summed E-state index contributed by atoms with van der Waals surface area (Å²) >= 11 is 5.91. The zero-order valence-corrected chi connectivity index (χ0v) is 19.5. The molecule has 2 atom stereocenters. The van der Waals surface area contributed by atoms with Crippen LogP contribution in [-0.2, 0) is 4.74 Å². The molecule has 0 bridgehead atoms. The molecule has 5 rings (SSSR count). The molecular weight excluding hydrogens is 457 g/mol. The Morgan fingerprint density at radius 3 is 2.76 bits per heavy atom. The number of nitrogens with one attached hydrogen (secondary N) is 2. The fourth-order valence-electron chi connectivity index (χ4n) is 4.80. The van der Waals surface area contributed by atoms with Gasteiger partial charge in [-0.05, 0) is 61.6 Å². The molecule has 2 aliphatic heterocycles. The molecular formula is C25H27ClFN5O2. The molecule has 34 heavy (non-hydrogen) atoms. The molecule has 0 spiro atoms. The van der Waals surface area contributed by atoms with Crippen molar-refractivity contribution in [1.29, 1.82) is 0 Å². The van der Waals surface area contributed by atoms with Gasteiger partial charge < -0.3 is 19.9 Å². The van der Waals surface area contributed by atoms with Gasteiger partial charge in [-0.3, -0.25) is 4.79 Å². The van der Waals surface area contributed by atoms with Crippen molar-refractivity contribution in [2.24, 2.45) is 5.92 Å². The Labute approximate surface area is 202 Å². The maximum absolute atomic E-state index is 14.3. The highest BCUT2D eigenvalue weighted by atomic mass is 35.5. The first-order valence-electron chi connectivity index (χ1n) is 11.6. The summed E-state index contributed by atoms with van der Waals surface area (Å²) in [6, 6.07) is 10.0. The Kier molecular flexibility index (Phi) is 6.89. The number of halogens is 2. The van der Waals surface area contributed by atoms with Crippen LogP contribution in [0.15, 0.2) is 53.6 Å². The fourth-order valence-corrected chi connectivity index (χ4v) is 4.91. The van der Waals surface area contributed by atoms with E-state index in [1.165, 1.54) is 6.07 Å². The van der Waals surface area contributed by atoms with Gasteiger partial charge in [-0.2, -0.15) is 0 Å². The monoisotopic (exact) mass is 483 g/mol. The van der Waals surface area contributed by atoms with E-state index in [0.717, 1.165) is 51.1 Å². The first kappa shape index (κ1) is 23.0. The van der Waals surface area contributed by atoms with E-state index in [1.54, 1.807) is 41.2 Å². The van der Waals surface area contributed by atoms with Crippen molar-refractivity contribution in [3.63, 3.8) is 0 Å². The first-order valence-corrected chi connectivity index (χ1v) is 12.0. The summed E-state index contributed by atoms with van der Waals surface area (Å²) in [6.07, 6.45) is 6.19. The Morgan fingerprint density at radius 1 is 1.18 bits per heavy atom. The molecule has 0 unspecified atom stereocenters. The normalized spacial score (nSPS) is 19.8. The minimum absolute atomic E-state index is 0.0728. The molecule has 2 aliphatic rings. The van der Waals surface area contributed by atoms with Crippen molar-refractivity contribution in [2.45, 2.75) is 31.3 Å². The van der Waals surface area contributed by atoms with Gasteiger partial charge in [0, 0.05) is 49.8 Å². The lowest BCUT2D eigenvalue weighted by Crippen LogP contribution is -2.31. The predicted molar refractivity (Wildman–Crippen MR) is 130 cm³/mol. The maximum Gasteiger partial charge on any atom is 0.251 e. The molecule has 0 amide bonds. The highest BCUT2D eigenvalue weighted by Crippen LogP contribution is 2.32. The molecule has 2 saturated heterocycles. The number of aromatic nitrogens is 3. The lowest BCUT2D eigenvalue weighted by molar-refractivity contribution is 0.0903. The van der Waals surface area contributed by atoms with Crippen LogP contribution in [0.5, 0.6) is 0 Å². The zero-order valence-electron chi connectivity index (χ0n) is 18.7. The van der Waals surface area contributed by atoms with Gasteiger partial charge in [-0.25, -0.2) is 14.4 Å². The number of anilines is 1. The number of benzene rings is 1. The maximum atomic E-state index is 14.3. The van der Waals surface area contributed by atoms with Gasteiger partial charge in [0.2, 0.25) is 5.95 Å². The molecule has 0 aliphatic carbocycles. The summed E-state index contributed by atoms with van der Waals surface area (Å²) in [5.74, 6) is 0.226. The lowest BCUT2D eigenvalue weighted by Gasteiger charge is -2.26. The second-order valence-electron chi connectivity index (χ2n) is 8.83. The zero-order chi connectivity index (χ0) is 23.5. The summed E-state index contributed by atoms with van der Waals surface area (Å²) in [5.41, 5.74) is 1.95. The third kappa shape index (κ3) is 4.99. The molecule has 1 aromatic carbocycles. The molecule has 9 heteroatoms. The van der Waals surface area contributed by atoms with Crippen molar-refractivity contribution in [3.05, 3.63) is 75.5 Å². The van der Waals surface area contributed by atoms with Crippen LogP contribution in [0.2, 0.25) is 5.02 Å². The van der Waals surface area contributed by atoms with Crippen molar-refractivity contribution < 1.29 is 9.13 Å². The van der Waals surface area contributed by atoms with Crippen LogP contribution in [0.3, 0.4) is 0 Å². The van der Waals surface area contributed by atoms with Crippen LogP contribution in [0, 0.1) is 11.7 Å². The molecule has 0 saturated carbocycles. The Morgan fingerprint density at radius 2 is 2.03 bits per heavy atom. The van der Waals surface area contributed by atoms with Crippen molar-refractivity contribution in [1.82, 2.24) is 19.9 Å². The molecule has 2 fully saturated rings. The SMILES string of the molecule is O=c1cc(-c2ccnc(NC3CCOCC3)n2)ccn1[C@@H](c1ccc(Cl)c(F)c1)[C@H]1CCNC1. The largest absolute Gasteiger partial charge is 0.381 e. The van der Waals surface area contributed by atoms with Crippen molar-refractivity contribution in [2.75, 3.05) is 31.6 Å². The van der Waals surface area contributed by atoms with Gasteiger partial charge in [-0.1, -0.05) is 17.7 Å². The topological polar surface area (TPSA) is 81.1 Å². The number of hydrogen-bond donors (Lipinski definition) is 2. The van der Waals surface area contributed by atoms with E-state index >= 15 is 0 Å². The van der Waals surface area contributed by atoms with E-state index in [9.17, 15) is 9.18 Å². The minimum atomic E-state index is -0.481.